The van der Waals surface area contributed by atoms with Crippen molar-refractivity contribution in [1.82, 2.24) is 25.7 Å². The van der Waals surface area contributed by atoms with E-state index in [0.29, 0.717) is 19.6 Å². The van der Waals surface area contributed by atoms with E-state index in [-0.39, 0.29) is 18.0 Å². The van der Waals surface area contributed by atoms with Crippen LogP contribution in [0.2, 0.25) is 0 Å². The lowest BCUT2D eigenvalue weighted by molar-refractivity contribution is 0.0708. The number of amides is 3. The van der Waals surface area contributed by atoms with Crippen LogP contribution in [0.1, 0.15) is 34.3 Å². The van der Waals surface area contributed by atoms with Gasteiger partial charge in [0.05, 0.1) is 6.20 Å². The number of piperidine rings is 1. The third-order valence-electron chi connectivity index (χ3n) is 4.42. The molecule has 0 spiro atoms. The van der Waals surface area contributed by atoms with Crippen LogP contribution in [0.25, 0.3) is 0 Å². The summed E-state index contributed by atoms with van der Waals surface area (Å²) in [5.41, 5.74) is 2.78. The van der Waals surface area contributed by atoms with E-state index in [2.05, 4.69) is 20.8 Å². The molecule has 1 saturated heterocycles. The van der Waals surface area contributed by atoms with Gasteiger partial charge >= 0.3 is 6.03 Å². The molecule has 25 heavy (non-hydrogen) atoms. The summed E-state index contributed by atoms with van der Waals surface area (Å²) in [5, 5.41) is 12.3. The van der Waals surface area contributed by atoms with Crippen LogP contribution in [0, 0.1) is 6.92 Å². The van der Waals surface area contributed by atoms with Crippen molar-refractivity contribution >= 4 is 11.9 Å². The number of H-pyrrole nitrogens is 1. The lowest BCUT2D eigenvalue weighted by Gasteiger charge is -2.32. The van der Waals surface area contributed by atoms with E-state index < -0.39 is 0 Å². The Morgan fingerprint density at radius 1 is 1.24 bits per heavy atom. The van der Waals surface area contributed by atoms with Gasteiger partial charge in [0.15, 0.2) is 0 Å². The van der Waals surface area contributed by atoms with Gasteiger partial charge < -0.3 is 15.5 Å². The first-order valence-corrected chi connectivity index (χ1v) is 8.50. The number of likely N-dealkylation sites (tertiary alicyclic amines) is 1. The number of aryl methyl sites for hydroxylation is 1. The fourth-order valence-electron chi connectivity index (χ4n) is 2.90. The summed E-state index contributed by atoms with van der Waals surface area (Å²) < 4.78 is 0. The van der Waals surface area contributed by atoms with Crippen molar-refractivity contribution in [1.29, 1.82) is 0 Å². The number of urea groups is 1. The number of hydrogen-bond acceptors (Lipinski definition) is 3. The zero-order chi connectivity index (χ0) is 17.6. The monoisotopic (exact) mass is 341 g/mol. The maximum atomic E-state index is 12.5. The van der Waals surface area contributed by atoms with Crippen molar-refractivity contribution in [3.05, 3.63) is 53.3 Å². The molecule has 1 fully saturated rings. The molecule has 3 rings (SSSR count). The summed E-state index contributed by atoms with van der Waals surface area (Å²) in [6.45, 7) is 3.74. The minimum atomic E-state index is -0.190. The van der Waals surface area contributed by atoms with E-state index in [1.807, 2.05) is 36.1 Å². The maximum absolute atomic E-state index is 12.5. The molecule has 0 bridgehead atoms. The summed E-state index contributed by atoms with van der Waals surface area (Å²) >= 11 is 0. The van der Waals surface area contributed by atoms with Crippen LogP contribution >= 0.6 is 0 Å². The van der Waals surface area contributed by atoms with Crippen LogP contribution in [0.4, 0.5) is 4.79 Å². The molecular weight excluding hydrogens is 318 g/mol. The number of hydrogen-bond donors (Lipinski definition) is 3. The molecule has 0 unspecified atom stereocenters. The summed E-state index contributed by atoms with van der Waals surface area (Å²) in [4.78, 5) is 26.3. The van der Waals surface area contributed by atoms with Gasteiger partial charge in [-0.2, -0.15) is 5.10 Å². The summed E-state index contributed by atoms with van der Waals surface area (Å²) in [6.07, 6.45) is 4.94. The fourth-order valence-corrected chi connectivity index (χ4v) is 2.90. The average molecular weight is 341 g/mol. The number of carbonyl (C=O) groups is 2. The molecule has 1 aliphatic heterocycles. The third-order valence-corrected chi connectivity index (χ3v) is 4.42. The number of aromatic amines is 1. The Morgan fingerprint density at radius 3 is 2.60 bits per heavy atom. The van der Waals surface area contributed by atoms with Gasteiger partial charge in [0, 0.05) is 43.0 Å². The van der Waals surface area contributed by atoms with E-state index in [0.717, 1.165) is 29.5 Å². The van der Waals surface area contributed by atoms with Gasteiger partial charge in [-0.1, -0.05) is 17.7 Å². The predicted molar refractivity (Wildman–Crippen MR) is 94.1 cm³/mol. The highest BCUT2D eigenvalue weighted by Crippen LogP contribution is 2.14. The van der Waals surface area contributed by atoms with Crippen LogP contribution in [-0.2, 0) is 6.54 Å². The Morgan fingerprint density at radius 2 is 1.96 bits per heavy atom. The number of rotatable bonds is 4. The van der Waals surface area contributed by atoms with Crippen molar-refractivity contribution in [3.63, 3.8) is 0 Å². The second-order valence-electron chi connectivity index (χ2n) is 6.37. The van der Waals surface area contributed by atoms with Crippen LogP contribution in [0.5, 0.6) is 0 Å². The molecule has 0 radical (unpaired) electrons. The highest BCUT2D eigenvalue weighted by Gasteiger charge is 2.24. The first kappa shape index (κ1) is 17.0. The summed E-state index contributed by atoms with van der Waals surface area (Å²) in [7, 11) is 0. The van der Waals surface area contributed by atoms with Crippen molar-refractivity contribution in [3.8, 4) is 0 Å². The number of carbonyl (C=O) groups excluding carboxylic acids is 2. The van der Waals surface area contributed by atoms with Crippen molar-refractivity contribution < 1.29 is 9.59 Å². The van der Waals surface area contributed by atoms with Gasteiger partial charge in [0.1, 0.15) is 0 Å². The van der Waals surface area contributed by atoms with Crippen LogP contribution < -0.4 is 10.6 Å². The molecule has 1 aliphatic rings. The molecule has 3 amide bonds. The second-order valence-corrected chi connectivity index (χ2v) is 6.37. The van der Waals surface area contributed by atoms with Crippen molar-refractivity contribution in [2.45, 2.75) is 32.4 Å². The quantitative estimate of drug-likeness (QED) is 0.792. The Balaban J connectivity index is 1.42. The molecule has 7 heteroatoms. The smallest absolute Gasteiger partial charge is 0.315 e. The first-order valence-electron chi connectivity index (χ1n) is 8.50. The van der Waals surface area contributed by atoms with E-state index in [4.69, 9.17) is 0 Å². The number of benzene rings is 1. The molecule has 132 valence electrons. The molecule has 1 aromatic heterocycles. The number of nitrogens with one attached hydrogen (secondary N) is 3. The van der Waals surface area contributed by atoms with Crippen molar-refractivity contribution in [2.75, 3.05) is 13.1 Å². The molecule has 2 heterocycles. The lowest BCUT2D eigenvalue weighted by Crippen LogP contribution is -2.49. The molecule has 0 saturated carbocycles. The van der Waals surface area contributed by atoms with Crippen LogP contribution in [0.15, 0.2) is 36.7 Å². The summed E-state index contributed by atoms with van der Waals surface area (Å²) in [5.74, 6) is 0.0582. The highest BCUT2D eigenvalue weighted by atomic mass is 16.2. The Hall–Kier alpha value is -2.83. The largest absolute Gasteiger partial charge is 0.338 e. The Kier molecular flexibility index (Phi) is 5.33. The van der Waals surface area contributed by atoms with Gasteiger partial charge in [-0.05, 0) is 31.9 Å². The predicted octanol–water partition coefficient (Wildman–Crippen LogP) is 1.82. The number of nitrogens with zero attached hydrogens (tertiary/aromatic N) is 2. The third kappa shape index (κ3) is 4.59. The number of aromatic nitrogens is 2. The minimum absolute atomic E-state index is 0.0582. The Labute approximate surface area is 146 Å². The topological polar surface area (TPSA) is 90.1 Å². The van der Waals surface area contributed by atoms with E-state index in [9.17, 15) is 9.59 Å². The van der Waals surface area contributed by atoms with E-state index in [1.165, 1.54) is 0 Å². The maximum Gasteiger partial charge on any atom is 0.315 e. The van der Waals surface area contributed by atoms with E-state index in [1.54, 1.807) is 12.4 Å². The Bertz CT molecular complexity index is 704. The van der Waals surface area contributed by atoms with Gasteiger partial charge in [0.2, 0.25) is 0 Å². The highest BCUT2D eigenvalue weighted by molar-refractivity contribution is 5.94. The van der Waals surface area contributed by atoms with Crippen LogP contribution in [0.3, 0.4) is 0 Å². The fraction of sp³-hybridized carbons (Fsp3) is 0.389. The van der Waals surface area contributed by atoms with Gasteiger partial charge in [-0.3, -0.25) is 9.89 Å². The molecular formula is C18H23N5O2. The minimum Gasteiger partial charge on any atom is -0.338 e. The SMILES string of the molecule is Cc1ccc(C(=O)N2CCC(NC(=O)NCc3cn[nH]c3)CC2)cc1. The normalized spacial score (nSPS) is 15.0. The first-order chi connectivity index (χ1) is 12.1. The van der Waals surface area contributed by atoms with Crippen molar-refractivity contribution in [2.24, 2.45) is 0 Å². The molecule has 3 N–H and O–H groups in total. The average Bonchev–Trinajstić information content (AvgIpc) is 3.14. The molecule has 0 atom stereocenters. The lowest BCUT2D eigenvalue weighted by atomic mass is 10.0. The molecule has 0 aliphatic carbocycles. The molecule has 1 aromatic carbocycles. The zero-order valence-corrected chi connectivity index (χ0v) is 14.3. The molecule has 2 aromatic rings. The van der Waals surface area contributed by atoms with Crippen LogP contribution in [-0.4, -0.2) is 46.2 Å². The van der Waals surface area contributed by atoms with Gasteiger partial charge in [0.25, 0.3) is 5.91 Å². The second kappa shape index (κ2) is 7.83. The van der Waals surface area contributed by atoms with Gasteiger partial charge in [-0.25, -0.2) is 4.79 Å². The standard InChI is InChI=1S/C18H23N5O2/c1-13-2-4-15(5-3-13)17(24)23-8-6-16(7-9-23)22-18(25)19-10-14-11-20-21-12-14/h2-5,11-12,16H,6-10H2,1H3,(H,20,21)(H2,19,22,25). The molecule has 7 nitrogen and oxygen atoms in total. The van der Waals surface area contributed by atoms with Gasteiger partial charge in [-0.15, -0.1) is 0 Å². The summed E-state index contributed by atoms with van der Waals surface area (Å²) in [6, 6.07) is 7.53. The zero-order valence-electron chi connectivity index (χ0n) is 14.3. The van der Waals surface area contributed by atoms with E-state index >= 15 is 0 Å².